The second-order valence-electron chi connectivity index (χ2n) is 6.13. The molecule has 0 saturated carbocycles. The molecular formula is C19H22N2O4. The van der Waals surface area contributed by atoms with Gasteiger partial charge in [-0.25, -0.2) is 0 Å². The maximum atomic E-state index is 12.1. The van der Waals surface area contributed by atoms with Crippen molar-refractivity contribution in [2.24, 2.45) is 5.92 Å². The van der Waals surface area contributed by atoms with Gasteiger partial charge in [-0.3, -0.25) is 20.4 Å². The molecule has 2 N–H and O–H groups in total. The van der Waals surface area contributed by atoms with E-state index in [0.717, 1.165) is 10.8 Å². The van der Waals surface area contributed by atoms with Crippen LogP contribution in [0.15, 0.2) is 42.5 Å². The number of fused-ring (bicyclic) bond motifs is 1. The van der Waals surface area contributed by atoms with Crippen molar-refractivity contribution >= 4 is 22.6 Å². The molecule has 25 heavy (non-hydrogen) atoms. The lowest BCUT2D eigenvalue weighted by Crippen LogP contribution is -2.49. The second kappa shape index (κ2) is 7.98. The summed E-state index contributed by atoms with van der Waals surface area (Å²) in [5.74, 6) is -0.0917. The van der Waals surface area contributed by atoms with E-state index < -0.39 is 12.0 Å². The lowest BCUT2D eigenvalue weighted by atomic mass is 10.00. The zero-order valence-electron chi connectivity index (χ0n) is 14.2. The molecule has 0 bridgehead atoms. The fourth-order valence-corrected chi connectivity index (χ4v) is 2.79. The number of amides is 2. The topological polar surface area (TPSA) is 76.7 Å². The molecule has 6 heteroatoms. The number of hydrazine groups is 1. The Morgan fingerprint density at radius 3 is 2.56 bits per heavy atom. The highest BCUT2D eigenvalue weighted by atomic mass is 16.5. The minimum Gasteiger partial charge on any atom is -0.481 e. The number of hydrogen-bond acceptors (Lipinski definition) is 4. The van der Waals surface area contributed by atoms with Crippen molar-refractivity contribution in [3.05, 3.63) is 42.5 Å². The molecule has 2 aromatic carbocycles. The van der Waals surface area contributed by atoms with Crippen molar-refractivity contribution in [3.8, 4) is 5.75 Å². The van der Waals surface area contributed by atoms with E-state index in [0.29, 0.717) is 31.8 Å². The molecular weight excluding hydrogens is 320 g/mol. The van der Waals surface area contributed by atoms with Crippen molar-refractivity contribution in [1.29, 1.82) is 0 Å². The van der Waals surface area contributed by atoms with E-state index in [1.54, 1.807) is 6.92 Å². The van der Waals surface area contributed by atoms with Gasteiger partial charge < -0.3 is 9.47 Å². The summed E-state index contributed by atoms with van der Waals surface area (Å²) in [5.41, 5.74) is 4.91. The fourth-order valence-electron chi connectivity index (χ4n) is 2.79. The summed E-state index contributed by atoms with van der Waals surface area (Å²) in [6.07, 6.45) is 0.617. The summed E-state index contributed by atoms with van der Waals surface area (Å²) < 4.78 is 10.9. The molecule has 0 aromatic heterocycles. The lowest BCUT2D eigenvalue weighted by Gasteiger charge is -2.22. The van der Waals surface area contributed by atoms with Gasteiger partial charge in [-0.05, 0) is 42.7 Å². The number of ether oxygens (including phenoxy) is 2. The molecule has 2 aromatic rings. The highest BCUT2D eigenvalue weighted by molar-refractivity contribution is 5.86. The normalized spacial score (nSPS) is 16.2. The molecule has 3 rings (SSSR count). The van der Waals surface area contributed by atoms with Gasteiger partial charge in [0.25, 0.3) is 5.91 Å². The standard InChI is InChI=1S/C19H22N2O4/c1-13(18(22)20-21-19(23)15-8-10-24-11-9-15)25-17-7-6-14-4-2-3-5-16(14)12-17/h2-7,12-13,15H,8-11H2,1H3,(H,20,22)(H,21,23). The monoisotopic (exact) mass is 342 g/mol. The fraction of sp³-hybridized carbons (Fsp3) is 0.368. The molecule has 0 aliphatic carbocycles. The van der Waals surface area contributed by atoms with Crippen LogP contribution in [0.1, 0.15) is 19.8 Å². The maximum absolute atomic E-state index is 12.1. The Labute approximate surface area is 146 Å². The van der Waals surface area contributed by atoms with E-state index in [2.05, 4.69) is 10.9 Å². The Kier molecular flexibility index (Phi) is 5.50. The van der Waals surface area contributed by atoms with E-state index >= 15 is 0 Å². The summed E-state index contributed by atoms with van der Waals surface area (Å²) in [6.45, 7) is 2.80. The van der Waals surface area contributed by atoms with Gasteiger partial charge in [0.1, 0.15) is 5.75 Å². The van der Waals surface area contributed by atoms with Gasteiger partial charge in [0.15, 0.2) is 6.10 Å². The van der Waals surface area contributed by atoms with Crippen molar-refractivity contribution in [2.45, 2.75) is 25.9 Å². The Balaban J connectivity index is 1.52. The Morgan fingerprint density at radius 2 is 1.80 bits per heavy atom. The summed E-state index contributed by atoms with van der Waals surface area (Å²) in [6, 6.07) is 13.6. The quantitative estimate of drug-likeness (QED) is 0.835. The molecule has 1 fully saturated rings. The molecule has 0 spiro atoms. The zero-order chi connectivity index (χ0) is 17.6. The van der Waals surface area contributed by atoms with Crippen LogP contribution in [0.4, 0.5) is 0 Å². The van der Waals surface area contributed by atoms with Crippen LogP contribution in [0.5, 0.6) is 5.75 Å². The number of nitrogens with one attached hydrogen (secondary N) is 2. The highest BCUT2D eigenvalue weighted by Crippen LogP contribution is 2.21. The third-order valence-electron chi connectivity index (χ3n) is 4.30. The van der Waals surface area contributed by atoms with Crippen molar-refractivity contribution in [1.82, 2.24) is 10.9 Å². The average Bonchev–Trinajstić information content (AvgIpc) is 2.66. The summed E-state index contributed by atoms with van der Waals surface area (Å²) >= 11 is 0. The first kappa shape index (κ1) is 17.2. The van der Waals surface area contributed by atoms with E-state index in [9.17, 15) is 9.59 Å². The van der Waals surface area contributed by atoms with Crippen LogP contribution in [0.25, 0.3) is 10.8 Å². The summed E-state index contributed by atoms with van der Waals surface area (Å²) in [4.78, 5) is 24.1. The molecule has 1 heterocycles. The van der Waals surface area contributed by atoms with Gasteiger partial charge in [-0.15, -0.1) is 0 Å². The molecule has 1 aliphatic rings. The van der Waals surface area contributed by atoms with Gasteiger partial charge >= 0.3 is 0 Å². The van der Waals surface area contributed by atoms with E-state index in [4.69, 9.17) is 9.47 Å². The van der Waals surface area contributed by atoms with Crippen LogP contribution in [0.2, 0.25) is 0 Å². The van der Waals surface area contributed by atoms with Crippen LogP contribution >= 0.6 is 0 Å². The van der Waals surface area contributed by atoms with Crippen molar-refractivity contribution < 1.29 is 19.1 Å². The third-order valence-corrected chi connectivity index (χ3v) is 4.30. The minimum atomic E-state index is -0.726. The van der Waals surface area contributed by atoms with Crippen LogP contribution in [0.3, 0.4) is 0 Å². The molecule has 2 amide bonds. The minimum absolute atomic E-state index is 0.120. The Hall–Kier alpha value is -2.60. The van der Waals surface area contributed by atoms with Crippen molar-refractivity contribution in [2.75, 3.05) is 13.2 Å². The number of hydrogen-bond donors (Lipinski definition) is 2. The van der Waals surface area contributed by atoms with E-state index in [1.807, 2.05) is 42.5 Å². The Morgan fingerprint density at radius 1 is 1.08 bits per heavy atom. The number of benzene rings is 2. The predicted molar refractivity (Wildman–Crippen MR) is 93.9 cm³/mol. The third kappa shape index (κ3) is 4.48. The smallest absolute Gasteiger partial charge is 0.279 e. The van der Waals surface area contributed by atoms with Crippen LogP contribution in [0, 0.1) is 5.92 Å². The molecule has 1 atom stereocenters. The van der Waals surface area contributed by atoms with Gasteiger partial charge in [0.05, 0.1) is 0 Å². The number of rotatable bonds is 4. The molecule has 6 nitrogen and oxygen atoms in total. The van der Waals surface area contributed by atoms with Crippen LogP contribution in [-0.4, -0.2) is 31.1 Å². The molecule has 132 valence electrons. The predicted octanol–water partition coefficient (Wildman–Crippen LogP) is 2.18. The van der Waals surface area contributed by atoms with E-state index in [1.165, 1.54) is 0 Å². The number of carbonyl (C=O) groups is 2. The largest absolute Gasteiger partial charge is 0.481 e. The molecule has 0 radical (unpaired) electrons. The lowest BCUT2D eigenvalue weighted by molar-refractivity contribution is -0.135. The first-order valence-corrected chi connectivity index (χ1v) is 8.46. The van der Waals surface area contributed by atoms with Crippen LogP contribution in [-0.2, 0) is 14.3 Å². The van der Waals surface area contributed by atoms with E-state index in [-0.39, 0.29) is 11.8 Å². The molecule has 1 aliphatic heterocycles. The highest BCUT2D eigenvalue weighted by Gasteiger charge is 2.23. The van der Waals surface area contributed by atoms with Gasteiger partial charge in [-0.2, -0.15) is 0 Å². The zero-order valence-corrected chi connectivity index (χ0v) is 14.2. The maximum Gasteiger partial charge on any atom is 0.279 e. The van der Waals surface area contributed by atoms with Crippen LogP contribution < -0.4 is 15.6 Å². The number of carbonyl (C=O) groups excluding carboxylic acids is 2. The summed E-state index contributed by atoms with van der Waals surface area (Å²) in [7, 11) is 0. The Bertz CT molecular complexity index is 756. The molecule has 1 saturated heterocycles. The van der Waals surface area contributed by atoms with Gasteiger partial charge in [-0.1, -0.05) is 30.3 Å². The summed E-state index contributed by atoms with van der Waals surface area (Å²) in [5, 5.41) is 2.15. The first-order chi connectivity index (χ1) is 12.1. The second-order valence-corrected chi connectivity index (χ2v) is 6.13. The van der Waals surface area contributed by atoms with Gasteiger partial charge in [0, 0.05) is 19.1 Å². The first-order valence-electron chi connectivity index (χ1n) is 8.46. The molecule has 1 unspecified atom stereocenters. The average molecular weight is 342 g/mol. The van der Waals surface area contributed by atoms with Gasteiger partial charge in [0.2, 0.25) is 5.91 Å². The van der Waals surface area contributed by atoms with Crippen molar-refractivity contribution in [3.63, 3.8) is 0 Å². The SMILES string of the molecule is CC(Oc1ccc2ccccc2c1)C(=O)NNC(=O)C1CCOCC1.